The lowest BCUT2D eigenvalue weighted by Crippen LogP contribution is -2.09. The second-order valence-corrected chi connectivity index (χ2v) is 19.6. The van der Waals surface area contributed by atoms with Gasteiger partial charge in [-0.05, 0) is 186 Å². The summed E-state index contributed by atoms with van der Waals surface area (Å²) in [5, 5.41) is 9.65. The average Bonchev–Trinajstić information content (AvgIpc) is 3.51. The smallest absolute Gasteiger partial charge is 0.0655 e. The predicted octanol–water partition coefficient (Wildman–Crippen LogP) is 21.4. The Labute approximate surface area is 456 Å². The van der Waals surface area contributed by atoms with Crippen LogP contribution in [0, 0.1) is 0 Å². The van der Waals surface area contributed by atoms with Gasteiger partial charge < -0.3 is 9.80 Å². The molecule has 0 aliphatic carbocycles. The number of rotatable bonds is 12. The molecule has 0 saturated carbocycles. The molecule has 78 heavy (non-hydrogen) atoms. The maximum atomic E-state index is 4.64. The van der Waals surface area contributed by atoms with Crippen LogP contribution in [-0.2, 0) is 0 Å². The van der Waals surface area contributed by atoms with Gasteiger partial charge in [0.05, 0.1) is 5.70 Å². The number of hydrogen-bond donors (Lipinski definition) is 0. The Balaban J connectivity index is 1.04. The van der Waals surface area contributed by atoms with Crippen LogP contribution in [0.3, 0.4) is 0 Å². The number of benzene rings is 13. The summed E-state index contributed by atoms with van der Waals surface area (Å²) in [7, 11) is 0. The van der Waals surface area contributed by atoms with Crippen molar-refractivity contribution in [1.29, 1.82) is 0 Å². The first kappa shape index (κ1) is 47.6. The van der Waals surface area contributed by atoms with E-state index < -0.39 is 0 Å². The fraction of sp³-hybridized carbons (Fsp3) is 0.0267. The molecule has 0 heterocycles. The molecule has 3 heteroatoms. The third-order valence-corrected chi connectivity index (χ3v) is 15.1. The lowest BCUT2D eigenvalue weighted by molar-refractivity contribution is 1.28. The summed E-state index contributed by atoms with van der Waals surface area (Å²) in [5.74, 6) is 0. The minimum absolute atomic E-state index is 0.966. The van der Waals surface area contributed by atoms with E-state index in [0.717, 1.165) is 56.5 Å². The summed E-state index contributed by atoms with van der Waals surface area (Å²) in [6, 6.07) is 104. The zero-order valence-corrected chi connectivity index (χ0v) is 43.6. The summed E-state index contributed by atoms with van der Waals surface area (Å²) in [4.78, 5) is 9.30. The molecular weight excluding hydrogens is 943 g/mol. The highest BCUT2D eigenvalue weighted by molar-refractivity contribution is 6.25. The van der Waals surface area contributed by atoms with Crippen molar-refractivity contribution in [3.63, 3.8) is 0 Å². The fourth-order valence-electron chi connectivity index (χ4n) is 11.7. The minimum atomic E-state index is 0.966. The van der Waals surface area contributed by atoms with E-state index in [1.54, 1.807) is 0 Å². The van der Waals surface area contributed by atoms with E-state index in [2.05, 4.69) is 306 Å². The van der Waals surface area contributed by atoms with Gasteiger partial charge in [0.25, 0.3) is 0 Å². The zero-order valence-electron chi connectivity index (χ0n) is 43.6. The van der Waals surface area contributed by atoms with Crippen molar-refractivity contribution in [2.24, 2.45) is 4.99 Å². The normalized spacial score (nSPS) is 11.7. The Morgan fingerprint density at radius 2 is 0.538 bits per heavy atom. The fourth-order valence-corrected chi connectivity index (χ4v) is 11.7. The molecule has 0 spiro atoms. The van der Waals surface area contributed by atoms with Gasteiger partial charge in [-0.25, -0.2) is 0 Å². The molecular formula is C75H55N3. The SMILES string of the molecule is CC=N/C(=C\C)c1ccc(-c2c3ccccc3c(-c3ccc4c(-c5ccc(N(c6ccccc6)c6ccccc6)cc5)c5ccccc5c(-c5ccc(N(c6ccccc6)c6ccccc6)cc5)c4c3)c3ccccc23)cc1. The molecule has 0 unspecified atom stereocenters. The Hall–Kier alpha value is -10.1. The van der Waals surface area contributed by atoms with Crippen molar-refractivity contribution >= 4 is 89.1 Å². The lowest BCUT2D eigenvalue weighted by Gasteiger charge is -2.26. The molecule has 0 saturated heterocycles. The van der Waals surface area contributed by atoms with Crippen molar-refractivity contribution in [2.75, 3.05) is 9.80 Å². The van der Waals surface area contributed by atoms with Gasteiger partial charge in [0.1, 0.15) is 0 Å². The number of anilines is 6. The van der Waals surface area contributed by atoms with Gasteiger partial charge in [-0.2, -0.15) is 0 Å². The third-order valence-electron chi connectivity index (χ3n) is 15.1. The molecule has 13 aromatic rings. The van der Waals surface area contributed by atoms with Gasteiger partial charge in [-0.1, -0.05) is 212 Å². The summed E-state index contributed by atoms with van der Waals surface area (Å²) in [5.41, 5.74) is 18.2. The van der Waals surface area contributed by atoms with Gasteiger partial charge in [0.15, 0.2) is 0 Å². The topological polar surface area (TPSA) is 18.8 Å². The number of fused-ring (bicyclic) bond motifs is 4. The second-order valence-electron chi connectivity index (χ2n) is 19.6. The van der Waals surface area contributed by atoms with Gasteiger partial charge >= 0.3 is 0 Å². The monoisotopic (exact) mass is 997 g/mol. The zero-order chi connectivity index (χ0) is 52.4. The van der Waals surface area contributed by atoms with Crippen LogP contribution in [0.5, 0.6) is 0 Å². The molecule has 0 atom stereocenters. The van der Waals surface area contributed by atoms with Gasteiger partial charge in [0, 0.05) is 40.3 Å². The molecule has 0 aliphatic rings. The molecule has 13 rings (SSSR count). The van der Waals surface area contributed by atoms with E-state index in [9.17, 15) is 0 Å². The summed E-state index contributed by atoms with van der Waals surface area (Å²) >= 11 is 0. The molecule has 3 nitrogen and oxygen atoms in total. The van der Waals surface area contributed by atoms with Crippen LogP contribution in [0.4, 0.5) is 34.1 Å². The average molecular weight is 998 g/mol. The van der Waals surface area contributed by atoms with Gasteiger partial charge in [0.2, 0.25) is 0 Å². The number of hydrogen-bond acceptors (Lipinski definition) is 3. The van der Waals surface area contributed by atoms with E-state index in [1.807, 2.05) is 20.1 Å². The highest BCUT2D eigenvalue weighted by Crippen LogP contribution is 2.49. The van der Waals surface area contributed by atoms with Crippen LogP contribution >= 0.6 is 0 Å². The Morgan fingerprint density at radius 1 is 0.269 bits per heavy atom. The van der Waals surface area contributed by atoms with Crippen molar-refractivity contribution in [1.82, 2.24) is 0 Å². The number of nitrogens with zero attached hydrogens (tertiary/aromatic N) is 3. The van der Waals surface area contributed by atoms with Crippen LogP contribution in [0.15, 0.2) is 296 Å². The quantitative estimate of drug-likeness (QED) is 0.0897. The largest absolute Gasteiger partial charge is 0.311 e. The molecule has 0 fully saturated rings. The molecule has 0 aliphatic heterocycles. The summed E-state index contributed by atoms with van der Waals surface area (Å²) in [6.45, 7) is 4.01. The second kappa shape index (κ2) is 20.9. The van der Waals surface area contributed by atoms with E-state index >= 15 is 0 Å². The van der Waals surface area contributed by atoms with Gasteiger partial charge in [-0.3, -0.25) is 4.99 Å². The minimum Gasteiger partial charge on any atom is -0.311 e. The van der Waals surface area contributed by atoms with E-state index in [4.69, 9.17) is 0 Å². The molecule has 13 aromatic carbocycles. The third kappa shape index (κ3) is 8.68. The van der Waals surface area contributed by atoms with Crippen molar-refractivity contribution in [3.8, 4) is 44.5 Å². The molecule has 0 amide bonds. The van der Waals surface area contributed by atoms with E-state index in [0.29, 0.717) is 0 Å². The molecule has 0 bridgehead atoms. The standard InChI is InChI=1S/C75H55N3/c1-3-71(76-4-2)52-37-39-53(40-38-52)72-64-32-18-21-35-67(64)75(68-36-22-19-33-65(68)72)56-45-50-69-70(51-56)74(55-43-48-62(49-44-55)78(59-27-13-7-14-28-59)60-29-15-8-16-30-60)66-34-20-17-31-63(66)73(69)54-41-46-61(47-42-54)77(57-23-9-5-10-24-57)58-25-11-6-12-26-58/h3-51H,1-2H3/b71-3-,76-4?. The van der Waals surface area contributed by atoms with Crippen molar-refractivity contribution < 1.29 is 0 Å². The van der Waals surface area contributed by atoms with Crippen LogP contribution in [0.2, 0.25) is 0 Å². The van der Waals surface area contributed by atoms with Crippen molar-refractivity contribution in [3.05, 3.63) is 297 Å². The van der Waals surface area contributed by atoms with Crippen LogP contribution in [0.25, 0.3) is 93.3 Å². The number of allylic oxidation sites excluding steroid dienone is 1. The molecule has 370 valence electrons. The maximum Gasteiger partial charge on any atom is 0.0655 e. The first-order chi connectivity index (χ1) is 38.6. The Bertz CT molecular complexity index is 4200. The van der Waals surface area contributed by atoms with E-state index in [1.165, 1.54) is 76.5 Å². The maximum absolute atomic E-state index is 4.64. The first-order valence-electron chi connectivity index (χ1n) is 26.8. The highest BCUT2D eigenvalue weighted by atomic mass is 15.1. The first-order valence-corrected chi connectivity index (χ1v) is 26.8. The Kier molecular flexibility index (Phi) is 12.8. The predicted molar refractivity (Wildman–Crippen MR) is 335 cm³/mol. The van der Waals surface area contributed by atoms with Gasteiger partial charge in [-0.15, -0.1) is 0 Å². The van der Waals surface area contributed by atoms with Crippen molar-refractivity contribution in [2.45, 2.75) is 13.8 Å². The lowest BCUT2D eigenvalue weighted by atomic mass is 9.82. The van der Waals surface area contributed by atoms with Crippen LogP contribution < -0.4 is 9.80 Å². The Morgan fingerprint density at radius 3 is 0.872 bits per heavy atom. The number of para-hydroxylation sites is 4. The van der Waals surface area contributed by atoms with Crippen LogP contribution in [0.1, 0.15) is 19.4 Å². The molecule has 0 aromatic heterocycles. The molecule has 0 N–H and O–H groups in total. The highest BCUT2D eigenvalue weighted by Gasteiger charge is 2.22. The van der Waals surface area contributed by atoms with E-state index in [-0.39, 0.29) is 0 Å². The summed E-state index contributed by atoms with van der Waals surface area (Å²) < 4.78 is 0. The molecule has 0 radical (unpaired) electrons. The summed E-state index contributed by atoms with van der Waals surface area (Å²) in [6.07, 6.45) is 3.92. The van der Waals surface area contributed by atoms with Crippen LogP contribution in [-0.4, -0.2) is 6.21 Å². The number of aliphatic imine (C=N–C) groups is 1.